The SMILES string of the molecule is Fc1ccc(Br)c(F)c1[C@H](C1CCC1)N1CCNCC1. The van der Waals surface area contributed by atoms with Gasteiger partial charge in [-0.05, 0) is 46.8 Å². The van der Waals surface area contributed by atoms with Gasteiger partial charge in [0.05, 0.1) is 4.47 Å². The van der Waals surface area contributed by atoms with Crippen LogP contribution in [0.1, 0.15) is 30.9 Å². The van der Waals surface area contributed by atoms with E-state index in [2.05, 4.69) is 26.1 Å². The second-order valence-electron chi connectivity index (χ2n) is 5.68. The molecule has 3 rings (SSSR count). The van der Waals surface area contributed by atoms with E-state index in [1.54, 1.807) is 0 Å². The van der Waals surface area contributed by atoms with Gasteiger partial charge in [-0.2, -0.15) is 0 Å². The molecule has 5 heteroatoms. The third-order valence-electron chi connectivity index (χ3n) is 4.52. The van der Waals surface area contributed by atoms with E-state index in [1.807, 2.05) is 0 Å². The van der Waals surface area contributed by atoms with Gasteiger partial charge in [-0.25, -0.2) is 8.78 Å². The van der Waals surface area contributed by atoms with Crippen molar-refractivity contribution in [2.45, 2.75) is 25.3 Å². The van der Waals surface area contributed by atoms with Crippen molar-refractivity contribution >= 4 is 15.9 Å². The molecule has 20 heavy (non-hydrogen) atoms. The minimum atomic E-state index is -0.430. The third kappa shape index (κ3) is 2.63. The summed E-state index contributed by atoms with van der Waals surface area (Å²) in [5, 5.41) is 3.30. The minimum absolute atomic E-state index is 0.122. The minimum Gasteiger partial charge on any atom is -0.314 e. The first-order chi connectivity index (χ1) is 9.68. The number of hydrogen-bond acceptors (Lipinski definition) is 2. The van der Waals surface area contributed by atoms with Crippen LogP contribution in [0, 0.1) is 17.6 Å². The summed E-state index contributed by atoms with van der Waals surface area (Å²) in [4.78, 5) is 2.24. The summed E-state index contributed by atoms with van der Waals surface area (Å²) in [7, 11) is 0. The van der Waals surface area contributed by atoms with E-state index in [0.29, 0.717) is 10.4 Å². The molecule has 0 amide bonds. The van der Waals surface area contributed by atoms with Crippen LogP contribution >= 0.6 is 15.9 Å². The average Bonchev–Trinajstić information content (AvgIpc) is 2.41. The second kappa shape index (κ2) is 6.08. The first kappa shape index (κ1) is 14.4. The highest BCUT2D eigenvalue weighted by atomic mass is 79.9. The van der Waals surface area contributed by atoms with Crippen LogP contribution < -0.4 is 5.32 Å². The molecule has 1 heterocycles. The van der Waals surface area contributed by atoms with E-state index in [4.69, 9.17) is 0 Å². The highest BCUT2D eigenvalue weighted by Gasteiger charge is 2.37. The van der Waals surface area contributed by atoms with E-state index in [-0.39, 0.29) is 11.6 Å². The Morgan fingerprint density at radius 3 is 2.50 bits per heavy atom. The molecule has 0 bridgehead atoms. The normalized spacial score (nSPS) is 22.6. The first-order valence-corrected chi connectivity index (χ1v) is 8.06. The molecule has 1 saturated heterocycles. The molecule has 2 aliphatic rings. The van der Waals surface area contributed by atoms with Crippen LogP contribution in [-0.4, -0.2) is 31.1 Å². The maximum atomic E-state index is 14.5. The van der Waals surface area contributed by atoms with Gasteiger partial charge in [-0.1, -0.05) is 6.42 Å². The fourth-order valence-corrected chi connectivity index (χ4v) is 3.59. The molecule has 110 valence electrons. The molecular weight excluding hydrogens is 326 g/mol. The van der Waals surface area contributed by atoms with Crippen molar-refractivity contribution in [2.24, 2.45) is 5.92 Å². The van der Waals surface area contributed by atoms with Crippen molar-refractivity contribution in [3.63, 3.8) is 0 Å². The van der Waals surface area contributed by atoms with Crippen molar-refractivity contribution in [3.8, 4) is 0 Å². The highest BCUT2D eigenvalue weighted by molar-refractivity contribution is 9.10. The number of nitrogens with one attached hydrogen (secondary N) is 1. The summed E-state index contributed by atoms with van der Waals surface area (Å²) >= 11 is 3.19. The van der Waals surface area contributed by atoms with Gasteiger partial charge in [-0.15, -0.1) is 0 Å². The lowest BCUT2D eigenvalue weighted by Crippen LogP contribution is -2.48. The van der Waals surface area contributed by atoms with Crippen LogP contribution in [0.2, 0.25) is 0 Å². The lowest BCUT2D eigenvalue weighted by Gasteiger charge is -2.43. The molecular formula is C15H19BrF2N2. The molecule has 1 aliphatic carbocycles. The van der Waals surface area contributed by atoms with Crippen molar-refractivity contribution in [1.82, 2.24) is 10.2 Å². The van der Waals surface area contributed by atoms with Crippen molar-refractivity contribution in [3.05, 3.63) is 33.8 Å². The van der Waals surface area contributed by atoms with Crippen molar-refractivity contribution in [1.29, 1.82) is 0 Å². The highest BCUT2D eigenvalue weighted by Crippen LogP contribution is 2.43. The standard InChI is InChI=1S/C15H19BrF2N2/c16-11-4-5-12(17)13(14(11)18)15(10-2-1-3-10)20-8-6-19-7-9-20/h4-5,10,15,19H,1-3,6-9H2/t15-/m0/s1. The Kier molecular flexibility index (Phi) is 4.38. The molecule has 1 aliphatic heterocycles. The first-order valence-electron chi connectivity index (χ1n) is 7.26. The molecule has 0 unspecified atom stereocenters. The van der Waals surface area contributed by atoms with Crippen LogP contribution in [0.3, 0.4) is 0 Å². The van der Waals surface area contributed by atoms with Crippen LogP contribution in [0.15, 0.2) is 16.6 Å². The molecule has 1 saturated carbocycles. The predicted octanol–water partition coefficient (Wildman–Crippen LogP) is 3.47. The van der Waals surface area contributed by atoms with Gasteiger partial charge in [-0.3, -0.25) is 4.90 Å². The van der Waals surface area contributed by atoms with Crippen LogP contribution in [0.4, 0.5) is 8.78 Å². The summed E-state index contributed by atoms with van der Waals surface area (Å²) in [6, 6.07) is 2.70. The number of nitrogens with zero attached hydrogens (tertiary/aromatic N) is 1. The fraction of sp³-hybridized carbons (Fsp3) is 0.600. The molecule has 1 N–H and O–H groups in total. The Hall–Kier alpha value is -0.520. The quantitative estimate of drug-likeness (QED) is 0.844. The molecule has 1 atom stereocenters. The number of hydrogen-bond donors (Lipinski definition) is 1. The number of piperazine rings is 1. The molecule has 0 radical (unpaired) electrons. The monoisotopic (exact) mass is 344 g/mol. The second-order valence-corrected chi connectivity index (χ2v) is 6.53. The average molecular weight is 345 g/mol. The number of benzene rings is 1. The summed E-state index contributed by atoms with van der Waals surface area (Å²) in [5.41, 5.74) is 0.256. The Bertz CT molecular complexity index is 485. The van der Waals surface area contributed by atoms with Gasteiger partial charge >= 0.3 is 0 Å². The smallest absolute Gasteiger partial charge is 0.145 e. The molecule has 0 aromatic heterocycles. The molecule has 2 nitrogen and oxygen atoms in total. The van der Waals surface area contributed by atoms with E-state index < -0.39 is 11.6 Å². The molecule has 1 aromatic carbocycles. The maximum Gasteiger partial charge on any atom is 0.145 e. The zero-order valence-corrected chi connectivity index (χ0v) is 12.9. The molecule has 0 spiro atoms. The Balaban J connectivity index is 1.98. The maximum absolute atomic E-state index is 14.5. The Labute approximate surface area is 126 Å². The molecule has 2 fully saturated rings. The Morgan fingerprint density at radius 1 is 1.20 bits per heavy atom. The number of halogens is 3. The predicted molar refractivity (Wildman–Crippen MR) is 78.6 cm³/mol. The summed E-state index contributed by atoms with van der Waals surface area (Å²) in [5.74, 6) is -0.465. The zero-order valence-electron chi connectivity index (χ0n) is 11.3. The van der Waals surface area contributed by atoms with E-state index >= 15 is 0 Å². The van der Waals surface area contributed by atoms with Crippen LogP contribution in [0.25, 0.3) is 0 Å². The lowest BCUT2D eigenvalue weighted by atomic mass is 9.76. The van der Waals surface area contributed by atoms with Gasteiger partial charge in [0.2, 0.25) is 0 Å². The molecule has 1 aromatic rings. The van der Waals surface area contributed by atoms with Gasteiger partial charge in [0.15, 0.2) is 0 Å². The van der Waals surface area contributed by atoms with E-state index in [0.717, 1.165) is 39.0 Å². The third-order valence-corrected chi connectivity index (χ3v) is 5.13. The van der Waals surface area contributed by atoms with Crippen molar-refractivity contribution in [2.75, 3.05) is 26.2 Å². The zero-order chi connectivity index (χ0) is 14.1. The van der Waals surface area contributed by atoms with Gasteiger partial charge < -0.3 is 5.32 Å². The van der Waals surface area contributed by atoms with Gasteiger partial charge in [0, 0.05) is 37.8 Å². The topological polar surface area (TPSA) is 15.3 Å². The summed E-state index contributed by atoms with van der Waals surface area (Å²) in [6.45, 7) is 3.49. The number of rotatable bonds is 3. The van der Waals surface area contributed by atoms with Gasteiger partial charge in [0.1, 0.15) is 11.6 Å². The van der Waals surface area contributed by atoms with Crippen LogP contribution in [0.5, 0.6) is 0 Å². The van der Waals surface area contributed by atoms with E-state index in [9.17, 15) is 8.78 Å². The lowest BCUT2D eigenvalue weighted by molar-refractivity contribution is 0.0783. The Morgan fingerprint density at radius 2 is 1.90 bits per heavy atom. The summed E-state index contributed by atoms with van der Waals surface area (Å²) in [6.07, 6.45) is 3.31. The summed E-state index contributed by atoms with van der Waals surface area (Å²) < 4.78 is 29.1. The van der Waals surface area contributed by atoms with Crippen molar-refractivity contribution < 1.29 is 8.78 Å². The van der Waals surface area contributed by atoms with E-state index in [1.165, 1.54) is 18.6 Å². The van der Waals surface area contributed by atoms with Gasteiger partial charge in [0.25, 0.3) is 0 Å². The largest absolute Gasteiger partial charge is 0.314 e. The fourth-order valence-electron chi connectivity index (χ4n) is 3.25. The van der Waals surface area contributed by atoms with Crippen LogP contribution in [-0.2, 0) is 0 Å².